The molecule has 0 unspecified atom stereocenters. The molecule has 0 aliphatic carbocycles. The molecule has 0 saturated heterocycles. The minimum Gasteiger partial charge on any atom is -0.373 e. The molecular weight excluding hydrogens is 316 g/mol. The Kier molecular flexibility index (Phi) is 5.35. The normalized spacial score (nSPS) is 10.3. The lowest BCUT2D eigenvalue weighted by atomic mass is 10.2. The lowest BCUT2D eigenvalue weighted by Crippen LogP contribution is -2.06. The van der Waals surface area contributed by atoms with Crippen LogP contribution < -0.4 is 10.6 Å². The number of nitrogens with one attached hydrogen (secondary N) is 2. The molecule has 0 aliphatic heterocycles. The zero-order chi connectivity index (χ0) is 14.4. The Labute approximate surface area is 128 Å². The van der Waals surface area contributed by atoms with Crippen LogP contribution in [0, 0.1) is 0 Å². The van der Waals surface area contributed by atoms with Gasteiger partial charge in [0.05, 0.1) is 0 Å². The summed E-state index contributed by atoms with van der Waals surface area (Å²) in [7, 11) is 1.87. The number of aryl methyl sites for hydroxylation is 1. The summed E-state index contributed by atoms with van der Waals surface area (Å²) in [5.74, 6) is 2.57. The van der Waals surface area contributed by atoms with Gasteiger partial charge in [-0.1, -0.05) is 35.0 Å². The molecule has 1 aromatic carbocycles. The van der Waals surface area contributed by atoms with Crippen LogP contribution in [0.5, 0.6) is 0 Å². The molecule has 1 heterocycles. The van der Waals surface area contributed by atoms with Crippen molar-refractivity contribution in [3.05, 3.63) is 46.2 Å². The molecule has 4 nitrogen and oxygen atoms in total. The van der Waals surface area contributed by atoms with Crippen molar-refractivity contribution in [1.29, 1.82) is 0 Å². The van der Waals surface area contributed by atoms with Crippen molar-refractivity contribution in [3.8, 4) is 0 Å². The van der Waals surface area contributed by atoms with Crippen molar-refractivity contribution in [3.63, 3.8) is 0 Å². The molecule has 0 spiro atoms. The van der Waals surface area contributed by atoms with Gasteiger partial charge in [0.25, 0.3) is 0 Å². The lowest BCUT2D eigenvalue weighted by Gasteiger charge is -2.10. The molecule has 20 heavy (non-hydrogen) atoms. The largest absolute Gasteiger partial charge is 0.373 e. The van der Waals surface area contributed by atoms with Crippen molar-refractivity contribution in [2.24, 2.45) is 0 Å². The summed E-state index contributed by atoms with van der Waals surface area (Å²) in [4.78, 5) is 8.98. The van der Waals surface area contributed by atoms with Gasteiger partial charge in [-0.15, -0.1) is 0 Å². The molecule has 0 saturated carbocycles. The Balaban J connectivity index is 2.10. The fourth-order valence-corrected chi connectivity index (χ4v) is 2.34. The first-order chi connectivity index (χ1) is 9.71. The molecule has 2 aromatic rings. The van der Waals surface area contributed by atoms with Crippen molar-refractivity contribution >= 4 is 27.6 Å². The molecule has 0 amide bonds. The van der Waals surface area contributed by atoms with E-state index in [2.05, 4.69) is 55.6 Å². The van der Waals surface area contributed by atoms with Gasteiger partial charge in [-0.05, 0) is 24.1 Å². The number of halogens is 1. The van der Waals surface area contributed by atoms with E-state index in [1.807, 2.05) is 25.2 Å². The molecule has 2 N–H and O–H groups in total. The van der Waals surface area contributed by atoms with Gasteiger partial charge in [-0.2, -0.15) is 0 Å². The Morgan fingerprint density at radius 1 is 1.15 bits per heavy atom. The summed E-state index contributed by atoms with van der Waals surface area (Å²) in [5, 5.41) is 6.42. The maximum absolute atomic E-state index is 4.53. The van der Waals surface area contributed by atoms with E-state index in [1.54, 1.807) is 0 Å². The minimum absolute atomic E-state index is 0.741. The summed E-state index contributed by atoms with van der Waals surface area (Å²) in [5.41, 5.74) is 1.21. The molecule has 106 valence electrons. The van der Waals surface area contributed by atoms with Gasteiger partial charge in [-0.25, -0.2) is 9.97 Å². The molecular formula is C15H19BrN4. The van der Waals surface area contributed by atoms with Crippen LogP contribution in [-0.4, -0.2) is 17.0 Å². The highest BCUT2D eigenvalue weighted by molar-refractivity contribution is 9.10. The molecule has 0 bridgehead atoms. The topological polar surface area (TPSA) is 49.8 Å². The molecule has 0 atom stereocenters. The van der Waals surface area contributed by atoms with Gasteiger partial charge in [0, 0.05) is 30.6 Å². The quantitative estimate of drug-likeness (QED) is 0.842. The van der Waals surface area contributed by atoms with Crippen molar-refractivity contribution in [1.82, 2.24) is 9.97 Å². The average molecular weight is 335 g/mol. The summed E-state index contributed by atoms with van der Waals surface area (Å²) < 4.78 is 1.09. The zero-order valence-corrected chi connectivity index (χ0v) is 13.4. The number of hydrogen-bond acceptors (Lipinski definition) is 4. The Morgan fingerprint density at radius 2 is 1.95 bits per heavy atom. The second-order valence-electron chi connectivity index (χ2n) is 4.54. The van der Waals surface area contributed by atoms with Gasteiger partial charge in [0.1, 0.15) is 17.5 Å². The Hall–Kier alpha value is -1.62. The van der Waals surface area contributed by atoms with Crippen LogP contribution in [0.25, 0.3) is 0 Å². The number of rotatable bonds is 6. The van der Waals surface area contributed by atoms with Crippen molar-refractivity contribution in [2.75, 3.05) is 17.7 Å². The molecule has 2 rings (SSSR count). The second-order valence-corrected chi connectivity index (χ2v) is 5.45. The third-order valence-electron chi connectivity index (χ3n) is 2.86. The minimum atomic E-state index is 0.741. The monoisotopic (exact) mass is 334 g/mol. The maximum Gasteiger partial charge on any atom is 0.133 e. The first-order valence-electron chi connectivity index (χ1n) is 6.75. The summed E-state index contributed by atoms with van der Waals surface area (Å²) in [6, 6.07) is 10.2. The van der Waals surface area contributed by atoms with E-state index in [-0.39, 0.29) is 0 Å². The van der Waals surface area contributed by atoms with E-state index in [0.717, 1.165) is 41.3 Å². The Bertz CT molecular complexity index is 572. The van der Waals surface area contributed by atoms with Crippen LogP contribution in [0.2, 0.25) is 0 Å². The first kappa shape index (κ1) is 14.8. The number of aromatic nitrogens is 2. The SMILES string of the molecule is CCCc1nc(NC)cc(NCc2cccc(Br)c2)n1. The number of benzene rings is 1. The smallest absolute Gasteiger partial charge is 0.133 e. The fourth-order valence-electron chi connectivity index (χ4n) is 1.89. The van der Waals surface area contributed by atoms with E-state index in [4.69, 9.17) is 0 Å². The van der Waals surface area contributed by atoms with Gasteiger partial charge in [0.15, 0.2) is 0 Å². The van der Waals surface area contributed by atoms with E-state index in [9.17, 15) is 0 Å². The predicted molar refractivity (Wildman–Crippen MR) is 87.0 cm³/mol. The number of hydrogen-bond donors (Lipinski definition) is 2. The van der Waals surface area contributed by atoms with Gasteiger partial charge >= 0.3 is 0 Å². The summed E-state index contributed by atoms with van der Waals surface area (Å²) in [6.07, 6.45) is 1.93. The highest BCUT2D eigenvalue weighted by atomic mass is 79.9. The van der Waals surface area contributed by atoms with Crippen LogP contribution in [-0.2, 0) is 13.0 Å². The third kappa shape index (κ3) is 4.20. The molecule has 1 aromatic heterocycles. The van der Waals surface area contributed by atoms with Crippen LogP contribution >= 0.6 is 15.9 Å². The van der Waals surface area contributed by atoms with Crippen LogP contribution in [0.4, 0.5) is 11.6 Å². The molecule has 0 aliphatic rings. The predicted octanol–water partition coefficient (Wildman–Crippen LogP) is 3.85. The third-order valence-corrected chi connectivity index (χ3v) is 3.36. The fraction of sp³-hybridized carbons (Fsp3) is 0.333. The van der Waals surface area contributed by atoms with Gasteiger partial charge < -0.3 is 10.6 Å². The number of nitrogens with zero attached hydrogens (tertiary/aromatic N) is 2. The van der Waals surface area contributed by atoms with Crippen LogP contribution in [0.1, 0.15) is 24.7 Å². The summed E-state index contributed by atoms with van der Waals surface area (Å²) in [6.45, 7) is 2.87. The number of anilines is 2. The van der Waals surface area contributed by atoms with E-state index >= 15 is 0 Å². The highest BCUT2D eigenvalue weighted by Crippen LogP contribution is 2.15. The van der Waals surface area contributed by atoms with E-state index in [1.165, 1.54) is 5.56 Å². The van der Waals surface area contributed by atoms with Gasteiger partial charge in [0.2, 0.25) is 0 Å². The van der Waals surface area contributed by atoms with Crippen molar-refractivity contribution < 1.29 is 0 Å². The highest BCUT2D eigenvalue weighted by Gasteiger charge is 2.03. The molecule has 0 radical (unpaired) electrons. The molecule has 0 fully saturated rings. The molecule has 5 heteroatoms. The first-order valence-corrected chi connectivity index (χ1v) is 7.54. The second kappa shape index (κ2) is 7.24. The van der Waals surface area contributed by atoms with Gasteiger partial charge in [-0.3, -0.25) is 0 Å². The standard InChI is InChI=1S/C15H19BrN4/c1-3-5-13-19-14(17-2)9-15(20-13)18-10-11-6-4-7-12(16)8-11/h4,6-9H,3,5,10H2,1-2H3,(H2,17,18,19,20). The maximum atomic E-state index is 4.53. The van der Waals surface area contributed by atoms with Crippen molar-refractivity contribution in [2.45, 2.75) is 26.3 Å². The van der Waals surface area contributed by atoms with Crippen LogP contribution in [0.15, 0.2) is 34.8 Å². The summed E-state index contributed by atoms with van der Waals surface area (Å²) >= 11 is 3.48. The lowest BCUT2D eigenvalue weighted by molar-refractivity contribution is 0.835. The van der Waals surface area contributed by atoms with E-state index in [0.29, 0.717) is 0 Å². The average Bonchev–Trinajstić information content (AvgIpc) is 2.45. The van der Waals surface area contributed by atoms with Crippen LogP contribution in [0.3, 0.4) is 0 Å². The Morgan fingerprint density at radius 3 is 2.65 bits per heavy atom. The van der Waals surface area contributed by atoms with E-state index < -0.39 is 0 Å². The zero-order valence-electron chi connectivity index (χ0n) is 11.8.